The largest absolute Gasteiger partial charge is 0.396 e. The van der Waals surface area contributed by atoms with Gasteiger partial charge in [-0.25, -0.2) is 0 Å². The number of hydrogen-bond acceptors (Lipinski definition) is 3. The Kier molecular flexibility index (Phi) is 4.58. The molecule has 0 heterocycles. The minimum Gasteiger partial charge on any atom is -0.396 e. The van der Waals surface area contributed by atoms with E-state index in [9.17, 15) is 0 Å². The molecule has 3 heteroatoms. The van der Waals surface area contributed by atoms with Crippen LogP contribution in [0.1, 0.15) is 19.4 Å². The molecular weight excluding hydrogens is 200 g/mol. The van der Waals surface area contributed by atoms with Gasteiger partial charge in [0.1, 0.15) is 6.61 Å². The molecule has 0 saturated heterocycles. The molecule has 1 aromatic carbocycles. The molecule has 16 heavy (non-hydrogen) atoms. The first-order chi connectivity index (χ1) is 7.70. The summed E-state index contributed by atoms with van der Waals surface area (Å²) in [6.45, 7) is 8.19. The van der Waals surface area contributed by atoms with E-state index in [-0.39, 0.29) is 0 Å². The predicted molar refractivity (Wildman–Crippen MR) is 68.9 cm³/mol. The van der Waals surface area contributed by atoms with Crippen LogP contribution < -0.4 is 4.90 Å². The van der Waals surface area contributed by atoms with Gasteiger partial charge in [0.05, 0.1) is 5.71 Å². The van der Waals surface area contributed by atoms with Crippen molar-refractivity contribution in [3.05, 3.63) is 42.6 Å². The number of nitrogens with zero attached hydrogens (tertiary/aromatic N) is 2. The number of hydrogen-bond donors (Lipinski definition) is 0. The predicted octanol–water partition coefficient (Wildman–Crippen LogP) is 3.03. The maximum Gasteiger partial charge on any atom is 0.114 e. The second-order valence-electron chi connectivity index (χ2n) is 3.41. The zero-order valence-electron chi connectivity index (χ0n) is 10.1. The third-order valence-electron chi connectivity index (χ3n) is 2.28. The monoisotopic (exact) mass is 218 g/mol. The molecule has 0 N–H and O–H groups in total. The van der Waals surface area contributed by atoms with Gasteiger partial charge in [0.15, 0.2) is 0 Å². The van der Waals surface area contributed by atoms with Gasteiger partial charge in [-0.1, -0.05) is 29.9 Å². The van der Waals surface area contributed by atoms with Crippen LogP contribution >= 0.6 is 0 Å². The molecule has 86 valence electrons. The van der Waals surface area contributed by atoms with Gasteiger partial charge in [0.25, 0.3) is 0 Å². The van der Waals surface area contributed by atoms with Gasteiger partial charge in [0.2, 0.25) is 0 Å². The van der Waals surface area contributed by atoms with Gasteiger partial charge in [-0.15, -0.1) is 0 Å². The van der Waals surface area contributed by atoms with Gasteiger partial charge in [-0.3, -0.25) is 0 Å². The van der Waals surface area contributed by atoms with Crippen molar-refractivity contribution in [3.63, 3.8) is 0 Å². The van der Waals surface area contributed by atoms with E-state index in [0.29, 0.717) is 6.61 Å². The number of benzene rings is 1. The third-order valence-corrected chi connectivity index (χ3v) is 2.28. The minimum absolute atomic E-state index is 0.580. The molecule has 0 aliphatic rings. The number of para-hydroxylation sites is 1. The summed E-state index contributed by atoms with van der Waals surface area (Å²) in [6, 6.07) is 8.03. The SMILES string of the molecule is C=CN(C)c1ccccc1/C(C)=N\OCC. The van der Waals surface area contributed by atoms with Crippen LogP contribution in [0.5, 0.6) is 0 Å². The second kappa shape index (κ2) is 5.95. The Balaban J connectivity index is 3.07. The first kappa shape index (κ1) is 12.3. The smallest absolute Gasteiger partial charge is 0.114 e. The maximum absolute atomic E-state index is 5.06. The van der Waals surface area contributed by atoms with Crippen LogP contribution in [0.4, 0.5) is 5.69 Å². The number of rotatable bonds is 5. The van der Waals surface area contributed by atoms with Gasteiger partial charge in [-0.2, -0.15) is 0 Å². The first-order valence-electron chi connectivity index (χ1n) is 5.32. The van der Waals surface area contributed by atoms with Crippen LogP contribution in [0.2, 0.25) is 0 Å². The van der Waals surface area contributed by atoms with Gasteiger partial charge < -0.3 is 9.74 Å². The lowest BCUT2D eigenvalue weighted by Gasteiger charge is -2.17. The Morgan fingerprint density at radius 3 is 2.81 bits per heavy atom. The normalized spacial score (nSPS) is 11.1. The molecule has 0 aliphatic carbocycles. The van der Waals surface area contributed by atoms with E-state index in [2.05, 4.69) is 11.7 Å². The first-order valence-corrected chi connectivity index (χ1v) is 5.32. The lowest BCUT2D eigenvalue weighted by atomic mass is 10.1. The van der Waals surface area contributed by atoms with Crippen LogP contribution in [0, 0.1) is 0 Å². The van der Waals surface area contributed by atoms with E-state index < -0.39 is 0 Å². The van der Waals surface area contributed by atoms with E-state index in [1.54, 1.807) is 6.20 Å². The molecule has 3 nitrogen and oxygen atoms in total. The topological polar surface area (TPSA) is 24.8 Å². The van der Waals surface area contributed by atoms with Crippen molar-refractivity contribution in [2.24, 2.45) is 5.16 Å². The standard InChI is InChI=1S/C13H18N2O/c1-5-15(4)13-10-8-7-9-12(13)11(3)14-16-6-2/h5,7-10H,1,6H2,2-4H3/b14-11-. The molecule has 0 aliphatic heterocycles. The van der Waals surface area contributed by atoms with E-state index in [1.165, 1.54) is 0 Å². The molecule has 0 unspecified atom stereocenters. The second-order valence-corrected chi connectivity index (χ2v) is 3.41. The number of oxime groups is 1. The average Bonchev–Trinajstić information content (AvgIpc) is 2.35. The van der Waals surface area contributed by atoms with Crippen LogP contribution in [-0.2, 0) is 4.84 Å². The zero-order chi connectivity index (χ0) is 12.0. The highest BCUT2D eigenvalue weighted by Crippen LogP contribution is 2.20. The Morgan fingerprint density at radius 2 is 2.19 bits per heavy atom. The molecule has 1 rings (SSSR count). The van der Waals surface area contributed by atoms with E-state index in [1.807, 2.05) is 50.1 Å². The van der Waals surface area contributed by atoms with Crippen LogP contribution in [-0.4, -0.2) is 19.4 Å². The highest BCUT2D eigenvalue weighted by Gasteiger charge is 2.07. The van der Waals surface area contributed by atoms with Gasteiger partial charge >= 0.3 is 0 Å². The molecule has 1 aromatic rings. The highest BCUT2D eigenvalue weighted by atomic mass is 16.6. The Morgan fingerprint density at radius 1 is 1.50 bits per heavy atom. The Bertz CT molecular complexity index is 385. The molecule has 0 bridgehead atoms. The molecular formula is C13H18N2O. The maximum atomic E-state index is 5.06. The van der Waals surface area contributed by atoms with Gasteiger partial charge in [-0.05, 0) is 26.1 Å². The average molecular weight is 218 g/mol. The van der Waals surface area contributed by atoms with Crippen LogP contribution in [0.25, 0.3) is 0 Å². The van der Waals surface area contributed by atoms with Crippen molar-refractivity contribution in [1.29, 1.82) is 0 Å². The molecule has 0 amide bonds. The third kappa shape index (κ3) is 2.86. The summed E-state index contributed by atoms with van der Waals surface area (Å²) >= 11 is 0. The summed E-state index contributed by atoms with van der Waals surface area (Å²) in [7, 11) is 1.96. The van der Waals surface area contributed by atoms with E-state index in [4.69, 9.17) is 4.84 Å². The van der Waals surface area contributed by atoms with E-state index in [0.717, 1.165) is 17.0 Å². The minimum atomic E-state index is 0.580. The Labute approximate surface area is 97.0 Å². The van der Waals surface area contributed by atoms with Crippen molar-refractivity contribution in [1.82, 2.24) is 0 Å². The van der Waals surface area contributed by atoms with Crippen LogP contribution in [0.15, 0.2) is 42.2 Å². The van der Waals surface area contributed by atoms with Crippen LogP contribution in [0.3, 0.4) is 0 Å². The summed E-state index contributed by atoms with van der Waals surface area (Å²) in [6.07, 6.45) is 1.77. The quantitative estimate of drug-likeness (QED) is 0.560. The summed E-state index contributed by atoms with van der Waals surface area (Å²) in [5.41, 5.74) is 2.99. The lowest BCUT2D eigenvalue weighted by Crippen LogP contribution is -2.12. The fourth-order valence-electron chi connectivity index (χ4n) is 1.40. The molecule has 0 saturated carbocycles. The zero-order valence-corrected chi connectivity index (χ0v) is 10.1. The molecule has 0 spiro atoms. The van der Waals surface area contributed by atoms with Crippen molar-refractivity contribution in [2.75, 3.05) is 18.6 Å². The van der Waals surface area contributed by atoms with E-state index >= 15 is 0 Å². The Hall–Kier alpha value is -1.77. The fraction of sp³-hybridized carbons (Fsp3) is 0.308. The summed E-state index contributed by atoms with van der Waals surface area (Å²) in [4.78, 5) is 7.02. The number of anilines is 1. The molecule has 0 fully saturated rings. The summed E-state index contributed by atoms with van der Waals surface area (Å²) in [5.74, 6) is 0. The lowest BCUT2D eigenvalue weighted by molar-refractivity contribution is 0.159. The molecule has 0 radical (unpaired) electrons. The molecule has 0 atom stereocenters. The van der Waals surface area contributed by atoms with Crippen molar-refractivity contribution >= 4 is 11.4 Å². The fourth-order valence-corrected chi connectivity index (χ4v) is 1.40. The summed E-state index contributed by atoms with van der Waals surface area (Å²) < 4.78 is 0. The molecule has 0 aromatic heterocycles. The highest BCUT2D eigenvalue weighted by molar-refractivity contribution is 6.03. The van der Waals surface area contributed by atoms with Crippen molar-refractivity contribution in [2.45, 2.75) is 13.8 Å². The van der Waals surface area contributed by atoms with Crippen molar-refractivity contribution in [3.8, 4) is 0 Å². The van der Waals surface area contributed by atoms with Gasteiger partial charge in [0, 0.05) is 18.3 Å². The summed E-state index contributed by atoms with van der Waals surface area (Å²) in [5, 5.41) is 4.05. The van der Waals surface area contributed by atoms with Crippen molar-refractivity contribution < 1.29 is 4.84 Å².